The lowest BCUT2D eigenvalue weighted by atomic mass is 10.1. The van der Waals surface area contributed by atoms with E-state index in [9.17, 15) is 22.7 Å². The molecule has 132 valence electrons. The van der Waals surface area contributed by atoms with E-state index in [-0.39, 0.29) is 29.2 Å². The molecule has 1 saturated heterocycles. The van der Waals surface area contributed by atoms with Crippen molar-refractivity contribution in [3.8, 4) is 5.75 Å². The minimum Gasteiger partial charge on any atom is -0.506 e. The van der Waals surface area contributed by atoms with Crippen molar-refractivity contribution in [3.63, 3.8) is 0 Å². The number of nitrogens with one attached hydrogen (secondary N) is 1. The zero-order valence-corrected chi connectivity index (χ0v) is 14.1. The first-order valence-corrected chi connectivity index (χ1v) is 9.34. The second-order valence-corrected chi connectivity index (χ2v) is 7.77. The molecule has 2 aromatic carbocycles. The second-order valence-electron chi connectivity index (χ2n) is 5.76. The normalized spacial score (nSPS) is 16.0. The van der Waals surface area contributed by atoms with Crippen LogP contribution in [0, 0.1) is 5.82 Å². The van der Waals surface area contributed by atoms with Crippen molar-refractivity contribution in [2.24, 2.45) is 0 Å². The SMILES string of the molecule is O=C(Cc1ccccc1F)Nc1cc(N2CCCS2(=O)=O)ccc1O. The quantitative estimate of drug-likeness (QED) is 0.815. The molecule has 2 aromatic rings. The third kappa shape index (κ3) is 3.74. The van der Waals surface area contributed by atoms with Gasteiger partial charge in [-0.05, 0) is 36.2 Å². The topological polar surface area (TPSA) is 86.7 Å². The van der Waals surface area contributed by atoms with Gasteiger partial charge in [0.1, 0.15) is 11.6 Å². The first-order chi connectivity index (χ1) is 11.9. The van der Waals surface area contributed by atoms with Crippen LogP contribution in [0.2, 0.25) is 0 Å². The summed E-state index contributed by atoms with van der Waals surface area (Å²) < 4.78 is 38.9. The highest BCUT2D eigenvalue weighted by Crippen LogP contribution is 2.32. The number of nitrogens with zero attached hydrogens (tertiary/aromatic N) is 1. The Balaban J connectivity index is 1.79. The molecule has 0 atom stereocenters. The Kier molecular flexibility index (Phi) is 4.63. The van der Waals surface area contributed by atoms with E-state index in [1.807, 2.05) is 0 Å². The molecule has 1 aliphatic heterocycles. The number of amides is 1. The number of hydrogen-bond donors (Lipinski definition) is 2. The molecule has 1 amide bonds. The Morgan fingerprint density at radius 2 is 2.00 bits per heavy atom. The number of carbonyl (C=O) groups excluding carboxylic acids is 1. The highest BCUT2D eigenvalue weighted by atomic mass is 32.2. The summed E-state index contributed by atoms with van der Waals surface area (Å²) >= 11 is 0. The van der Waals surface area contributed by atoms with Crippen LogP contribution >= 0.6 is 0 Å². The van der Waals surface area contributed by atoms with Crippen LogP contribution in [0.5, 0.6) is 5.75 Å². The highest BCUT2D eigenvalue weighted by molar-refractivity contribution is 7.93. The largest absolute Gasteiger partial charge is 0.506 e. The van der Waals surface area contributed by atoms with E-state index in [4.69, 9.17) is 0 Å². The number of halogens is 1. The predicted molar refractivity (Wildman–Crippen MR) is 92.6 cm³/mol. The zero-order valence-electron chi connectivity index (χ0n) is 13.3. The van der Waals surface area contributed by atoms with Gasteiger partial charge in [-0.3, -0.25) is 9.10 Å². The van der Waals surface area contributed by atoms with E-state index >= 15 is 0 Å². The molecule has 6 nitrogen and oxygen atoms in total. The summed E-state index contributed by atoms with van der Waals surface area (Å²) in [5, 5.41) is 12.4. The van der Waals surface area contributed by atoms with Crippen molar-refractivity contribution < 1.29 is 22.7 Å². The average molecular weight is 364 g/mol. The number of phenolic OH excluding ortho intramolecular Hbond substituents is 1. The second kappa shape index (κ2) is 6.72. The molecule has 1 aliphatic rings. The van der Waals surface area contributed by atoms with Crippen molar-refractivity contribution in [1.82, 2.24) is 0 Å². The van der Waals surface area contributed by atoms with E-state index in [0.717, 1.165) is 0 Å². The number of phenols is 1. The van der Waals surface area contributed by atoms with Gasteiger partial charge in [0.2, 0.25) is 15.9 Å². The van der Waals surface area contributed by atoms with Crippen LogP contribution in [-0.4, -0.2) is 31.7 Å². The van der Waals surface area contributed by atoms with E-state index in [0.29, 0.717) is 18.7 Å². The molecule has 1 fully saturated rings. The predicted octanol–water partition coefficient (Wildman–Crippen LogP) is 2.25. The first kappa shape index (κ1) is 17.2. The van der Waals surface area contributed by atoms with Crippen LogP contribution in [0.1, 0.15) is 12.0 Å². The van der Waals surface area contributed by atoms with Gasteiger partial charge in [0.15, 0.2) is 0 Å². The van der Waals surface area contributed by atoms with Gasteiger partial charge in [-0.1, -0.05) is 18.2 Å². The standard InChI is InChI=1S/C17H17FN2O4S/c18-14-5-2-1-4-12(14)10-17(22)19-15-11-13(6-7-16(15)21)20-8-3-9-25(20,23)24/h1-2,4-7,11,21H,3,8-10H2,(H,19,22). The van der Waals surface area contributed by atoms with Crippen molar-refractivity contribution in [2.75, 3.05) is 21.9 Å². The summed E-state index contributed by atoms with van der Waals surface area (Å²) in [7, 11) is -3.36. The van der Waals surface area contributed by atoms with Crippen molar-refractivity contribution >= 4 is 27.3 Å². The van der Waals surface area contributed by atoms with Crippen LogP contribution < -0.4 is 9.62 Å². The zero-order chi connectivity index (χ0) is 18.0. The molecule has 1 heterocycles. The Bertz CT molecular complexity index is 915. The first-order valence-electron chi connectivity index (χ1n) is 7.73. The molecule has 0 unspecified atom stereocenters. The van der Waals surface area contributed by atoms with Crippen LogP contribution in [-0.2, 0) is 21.2 Å². The summed E-state index contributed by atoms with van der Waals surface area (Å²) in [6.07, 6.45) is 0.330. The Morgan fingerprint density at radius 3 is 2.68 bits per heavy atom. The molecule has 2 N–H and O–H groups in total. The maximum atomic E-state index is 13.6. The minimum atomic E-state index is -3.36. The van der Waals surface area contributed by atoms with Crippen molar-refractivity contribution in [1.29, 1.82) is 0 Å². The Labute approximate surface area is 144 Å². The summed E-state index contributed by atoms with van der Waals surface area (Å²) in [6, 6.07) is 10.1. The van der Waals surface area contributed by atoms with Gasteiger partial charge in [0.25, 0.3) is 0 Å². The monoisotopic (exact) mass is 364 g/mol. The molecule has 0 aliphatic carbocycles. The molecule has 0 spiro atoms. The number of sulfonamides is 1. The summed E-state index contributed by atoms with van der Waals surface area (Å²) in [6.45, 7) is 0.357. The lowest BCUT2D eigenvalue weighted by Crippen LogP contribution is -2.25. The smallest absolute Gasteiger partial charge is 0.235 e. The average Bonchev–Trinajstić information content (AvgIpc) is 2.91. The van der Waals surface area contributed by atoms with Gasteiger partial charge in [-0.2, -0.15) is 0 Å². The number of benzene rings is 2. The summed E-state index contributed by atoms with van der Waals surface area (Å²) in [4.78, 5) is 12.1. The van der Waals surface area contributed by atoms with Crippen molar-refractivity contribution in [3.05, 3.63) is 53.8 Å². The van der Waals surface area contributed by atoms with Crippen LogP contribution in [0.3, 0.4) is 0 Å². The molecule has 0 aromatic heterocycles. The number of anilines is 2. The maximum Gasteiger partial charge on any atom is 0.235 e. The van der Waals surface area contributed by atoms with Crippen LogP contribution in [0.15, 0.2) is 42.5 Å². The Hall–Kier alpha value is -2.61. The van der Waals surface area contributed by atoms with E-state index < -0.39 is 21.7 Å². The number of carbonyl (C=O) groups is 1. The van der Waals surface area contributed by atoms with Crippen LogP contribution in [0.25, 0.3) is 0 Å². The molecule has 0 bridgehead atoms. The van der Waals surface area contributed by atoms with Crippen LogP contribution in [0.4, 0.5) is 15.8 Å². The number of aromatic hydroxyl groups is 1. The van der Waals surface area contributed by atoms with Crippen molar-refractivity contribution in [2.45, 2.75) is 12.8 Å². The fourth-order valence-electron chi connectivity index (χ4n) is 2.72. The van der Waals surface area contributed by atoms with E-state index in [2.05, 4.69) is 5.32 Å². The molecule has 25 heavy (non-hydrogen) atoms. The third-order valence-electron chi connectivity index (χ3n) is 3.95. The van der Waals surface area contributed by atoms with Gasteiger partial charge in [0.05, 0.1) is 23.5 Å². The molecular weight excluding hydrogens is 347 g/mol. The molecule has 0 radical (unpaired) electrons. The minimum absolute atomic E-state index is 0.0723. The van der Waals surface area contributed by atoms with E-state index in [1.54, 1.807) is 6.07 Å². The van der Waals surface area contributed by atoms with Gasteiger partial charge in [0, 0.05) is 6.54 Å². The Morgan fingerprint density at radius 1 is 1.24 bits per heavy atom. The van der Waals surface area contributed by atoms with Gasteiger partial charge in [-0.25, -0.2) is 12.8 Å². The number of hydrogen-bond acceptors (Lipinski definition) is 4. The molecule has 8 heteroatoms. The fraction of sp³-hybridized carbons (Fsp3) is 0.235. The van der Waals surface area contributed by atoms with Gasteiger partial charge >= 0.3 is 0 Å². The number of rotatable bonds is 4. The van der Waals surface area contributed by atoms with Gasteiger partial charge < -0.3 is 10.4 Å². The van der Waals surface area contributed by atoms with E-state index in [1.165, 1.54) is 40.7 Å². The summed E-state index contributed by atoms with van der Waals surface area (Å²) in [5.74, 6) is -1.12. The lowest BCUT2D eigenvalue weighted by Gasteiger charge is -2.18. The molecule has 0 saturated carbocycles. The fourth-order valence-corrected chi connectivity index (χ4v) is 4.27. The van der Waals surface area contributed by atoms with Gasteiger partial charge in [-0.15, -0.1) is 0 Å². The molecular formula is C17H17FN2O4S. The molecule has 3 rings (SSSR count). The highest BCUT2D eigenvalue weighted by Gasteiger charge is 2.28. The third-order valence-corrected chi connectivity index (χ3v) is 5.82. The maximum absolute atomic E-state index is 13.6. The lowest BCUT2D eigenvalue weighted by molar-refractivity contribution is -0.115. The summed E-state index contributed by atoms with van der Waals surface area (Å²) in [5.41, 5.74) is 0.690.